The first kappa shape index (κ1) is 11.7. The first-order chi connectivity index (χ1) is 8.63. The minimum atomic E-state index is -0.0346. The number of rotatable bonds is 1. The summed E-state index contributed by atoms with van der Waals surface area (Å²) in [7, 11) is 1.64. The van der Waals surface area contributed by atoms with Gasteiger partial charge in [0.15, 0.2) is 0 Å². The summed E-state index contributed by atoms with van der Waals surface area (Å²) in [4.78, 5) is 14.9. The number of aryl methyl sites for hydroxylation is 1. The number of hydrogen-bond acceptors (Lipinski definition) is 3. The molecule has 0 atom stereocenters. The third kappa shape index (κ3) is 1.51. The number of pyridine rings is 1. The molecule has 18 heavy (non-hydrogen) atoms. The van der Waals surface area contributed by atoms with Gasteiger partial charge in [0.25, 0.3) is 5.56 Å². The number of nitrogens with one attached hydrogen (secondary N) is 1. The van der Waals surface area contributed by atoms with Gasteiger partial charge >= 0.3 is 0 Å². The summed E-state index contributed by atoms with van der Waals surface area (Å²) in [5.41, 5.74) is 1.82. The van der Waals surface area contributed by atoms with E-state index in [9.17, 15) is 4.79 Å². The van der Waals surface area contributed by atoms with E-state index in [4.69, 9.17) is 4.74 Å². The number of aromatic amines is 1. The van der Waals surface area contributed by atoms with Crippen molar-refractivity contribution in [3.05, 3.63) is 37.9 Å². The van der Waals surface area contributed by atoms with Crippen molar-refractivity contribution < 1.29 is 4.74 Å². The van der Waals surface area contributed by atoms with Crippen molar-refractivity contribution in [3.8, 4) is 5.75 Å². The first-order valence-corrected chi connectivity index (χ1v) is 7.07. The van der Waals surface area contributed by atoms with Crippen LogP contribution < -0.4 is 10.3 Å². The van der Waals surface area contributed by atoms with Gasteiger partial charge in [0.05, 0.1) is 17.1 Å². The highest BCUT2D eigenvalue weighted by atomic mass is 79.9. The van der Waals surface area contributed by atoms with Gasteiger partial charge in [0.2, 0.25) is 0 Å². The normalized spacial score (nSPS) is 11.3. The monoisotopic (exact) mass is 323 g/mol. The summed E-state index contributed by atoms with van der Waals surface area (Å²) in [6.07, 6.45) is 0. The molecule has 1 N–H and O–H groups in total. The van der Waals surface area contributed by atoms with E-state index in [1.54, 1.807) is 7.11 Å². The molecule has 3 nitrogen and oxygen atoms in total. The fourth-order valence-corrected chi connectivity index (χ4v) is 3.66. The Bertz CT molecular complexity index is 819. The lowest BCUT2D eigenvalue weighted by atomic mass is 10.1. The SMILES string of the molecule is COc1cc(C)c2[nH]c(=O)c3sccc3c2c1Br. The smallest absolute Gasteiger partial charge is 0.266 e. The molecule has 0 amide bonds. The third-order valence-corrected chi connectivity index (χ3v) is 4.73. The zero-order valence-corrected chi connectivity index (χ0v) is 12.2. The Labute approximate surface area is 116 Å². The quantitative estimate of drug-likeness (QED) is 0.739. The van der Waals surface area contributed by atoms with E-state index in [-0.39, 0.29) is 5.56 Å². The molecule has 2 aromatic heterocycles. The average molecular weight is 324 g/mol. The van der Waals surface area contributed by atoms with Crippen LogP contribution in [-0.4, -0.2) is 12.1 Å². The third-order valence-electron chi connectivity index (χ3n) is 3.03. The van der Waals surface area contributed by atoms with Crippen LogP contribution in [0.15, 0.2) is 26.8 Å². The van der Waals surface area contributed by atoms with E-state index in [0.717, 1.165) is 36.8 Å². The number of fused-ring (bicyclic) bond motifs is 3. The van der Waals surface area contributed by atoms with Gasteiger partial charge in [0, 0.05) is 10.8 Å². The molecule has 0 spiro atoms. The Morgan fingerprint density at radius 3 is 2.94 bits per heavy atom. The Morgan fingerprint density at radius 2 is 2.22 bits per heavy atom. The molecule has 0 fully saturated rings. The van der Waals surface area contributed by atoms with Crippen LogP contribution in [0.3, 0.4) is 0 Å². The van der Waals surface area contributed by atoms with Crippen molar-refractivity contribution in [2.45, 2.75) is 6.92 Å². The van der Waals surface area contributed by atoms with Gasteiger partial charge in [-0.1, -0.05) is 0 Å². The maximum absolute atomic E-state index is 12.0. The van der Waals surface area contributed by atoms with Crippen molar-refractivity contribution in [3.63, 3.8) is 0 Å². The van der Waals surface area contributed by atoms with Gasteiger partial charge in [-0.15, -0.1) is 11.3 Å². The Balaban J connectivity index is 2.66. The predicted octanol–water partition coefficient (Wildman–Crippen LogP) is 3.82. The molecule has 0 aliphatic rings. The summed E-state index contributed by atoms with van der Waals surface area (Å²) >= 11 is 5.02. The van der Waals surface area contributed by atoms with Crippen LogP contribution in [-0.2, 0) is 0 Å². The molecular weight excluding hydrogens is 314 g/mol. The number of aromatic nitrogens is 1. The van der Waals surface area contributed by atoms with Crippen molar-refractivity contribution in [2.24, 2.45) is 0 Å². The summed E-state index contributed by atoms with van der Waals surface area (Å²) in [6.45, 7) is 1.96. The van der Waals surface area contributed by atoms with Crippen molar-refractivity contribution in [2.75, 3.05) is 7.11 Å². The van der Waals surface area contributed by atoms with Crippen LogP contribution in [0.25, 0.3) is 21.0 Å². The Hall–Kier alpha value is -1.33. The molecule has 5 heteroatoms. The van der Waals surface area contributed by atoms with Crippen LogP contribution in [0, 0.1) is 6.92 Å². The largest absolute Gasteiger partial charge is 0.496 e. The second-order valence-electron chi connectivity index (χ2n) is 4.08. The highest BCUT2D eigenvalue weighted by molar-refractivity contribution is 9.10. The van der Waals surface area contributed by atoms with Gasteiger partial charge in [0.1, 0.15) is 10.4 Å². The average Bonchev–Trinajstić information content (AvgIpc) is 2.83. The number of methoxy groups -OCH3 is 1. The molecule has 0 unspecified atom stereocenters. The summed E-state index contributed by atoms with van der Waals surface area (Å²) in [5.74, 6) is 0.777. The molecular formula is C13H10BrNO2S. The molecule has 3 rings (SSSR count). The molecule has 92 valence electrons. The van der Waals surface area contributed by atoms with E-state index < -0.39 is 0 Å². The number of halogens is 1. The molecule has 0 aliphatic carbocycles. The van der Waals surface area contributed by atoms with E-state index >= 15 is 0 Å². The number of benzene rings is 1. The molecule has 2 heterocycles. The van der Waals surface area contributed by atoms with Crippen molar-refractivity contribution >= 4 is 48.3 Å². The zero-order valence-electron chi connectivity index (χ0n) is 9.83. The fraction of sp³-hybridized carbons (Fsp3) is 0.154. The number of ether oxygens (including phenoxy) is 1. The minimum absolute atomic E-state index is 0.0346. The lowest BCUT2D eigenvalue weighted by Gasteiger charge is -2.10. The highest BCUT2D eigenvalue weighted by Gasteiger charge is 2.14. The maximum atomic E-state index is 12.0. The van der Waals surface area contributed by atoms with Gasteiger partial charge in [-0.3, -0.25) is 4.79 Å². The van der Waals surface area contributed by atoms with Crippen molar-refractivity contribution in [1.29, 1.82) is 0 Å². The molecule has 0 saturated heterocycles. The van der Waals surface area contributed by atoms with Crippen LogP contribution in [0.4, 0.5) is 0 Å². The standard InChI is InChI=1S/C13H10BrNO2S/c1-6-5-8(17-2)10(14)9-7-3-4-18-12(7)13(16)15-11(6)9/h3-5H,1-2H3,(H,15,16). The second-order valence-corrected chi connectivity index (χ2v) is 5.79. The minimum Gasteiger partial charge on any atom is -0.496 e. The Morgan fingerprint density at radius 1 is 1.44 bits per heavy atom. The van der Waals surface area contributed by atoms with Crippen molar-refractivity contribution in [1.82, 2.24) is 4.98 Å². The van der Waals surface area contributed by atoms with Gasteiger partial charge in [-0.25, -0.2) is 0 Å². The lowest BCUT2D eigenvalue weighted by molar-refractivity contribution is 0.412. The number of thiophene rings is 1. The van der Waals surface area contributed by atoms with E-state index in [1.807, 2.05) is 24.4 Å². The predicted molar refractivity (Wildman–Crippen MR) is 78.9 cm³/mol. The first-order valence-electron chi connectivity index (χ1n) is 5.39. The van der Waals surface area contributed by atoms with E-state index in [0.29, 0.717) is 0 Å². The van der Waals surface area contributed by atoms with E-state index in [2.05, 4.69) is 20.9 Å². The Kier molecular flexibility index (Phi) is 2.68. The van der Waals surface area contributed by atoms with Crippen LogP contribution in [0.1, 0.15) is 5.56 Å². The molecule has 3 aromatic rings. The maximum Gasteiger partial charge on any atom is 0.266 e. The topological polar surface area (TPSA) is 42.1 Å². The molecule has 0 aliphatic heterocycles. The summed E-state index contributed by atoms with van der Waals surface area (Å²) in [6, 6.07) is 3.89. The fourth-order valence-electron chi connectivity index (χ4n) is 2.18. The van der Waals surface area contributed by atoms with E-state index in [1.165, 1.54) is 11.3 Å². The zero-order chi connectivity index (χ0) is 12.9. The van der Waals surface area contributed by atoms with Crippen LogP contribution in [0.5, 0.6) is 5.75 Å². The molecule has 0 bridgehead atoms. The van der Waals surface area contributed by atoms with Crippen LogP contribution >= 0.6 is 27.3 Å². The van der Waals surface area contributed by atoms with Gasteiger partial charge in [-0.05, 0) is 45.9 Å². The van der Waals surface area contributed by atoms with Crippen LogP contribution in [0.2, 0.25) is 0 Å². The molecule has 1 aromatic carbocycles. The summed E-state index contributed by atoms with van der Waals surface area (Å²) < 4.78 is 6.98. The molecule has 0 radical (unpaired) electrons. The number of hydrogen-bond donors (Lipinski definition) is 1. The van der Waals surface area contributed by atoms with Gasteiger partial charge < -0.3 is 9.72 Å². The number of H-pyrrole nitrogens is 1. The van der Waals surface area contributed by atoms with Gasteiger partial charge in [-0.2, -0.15) is 0 Å². The molecule has 0 saturated carbocycles. The second kappa shape index (κ2) is 4.10. The lowest BCUT2D eigenvalue weighted by Crippen LogP contribution is -2.05. The summed E-state index contributed by atoms with van der Waals surface area (Å²) in [5, 5.41) is 3.90. The highest BCUT2D eigenvalue weighted by Crippen LogP contribution is 2.38.